The Labute approximate surface area is 208 Å². The number of carbonyl (C=O) groups excluding carboxylic acids is 3. The number of carbonyl (C=O) groups is 3. The molecular weight excluding hydrogens is 432 g/mol. The molecule has 3 N–H and O–H groups in total. The van der Waals surface area contributed by atoms with Crippen LogP contribution in [0.1, 0.15) is 129 Å². The number of aliphatic hydroxyl groups excluding tert-OH is 1. The summed E-state index contributed by atoms with van der Waals surface area (Å²) in [6.07, 6.45) is 16.9. The fraction of sp³-hybridized carbons (Fsp3) is 0.889. The van der Waals surface area contributed by atoms with E-state index in [0.717, 1.165) is 64.2 Å². The third kappa shape index (κ3) is 23.5. The number of rotatable bonds is 24. The lowest BCUT2D eigenvalue weighted by atomic mass is 10.1. The van der Waals surface area contributed by atoms with Gasteiger partial charge in [0.05, 0.1) is 12.7 Å². The summed E-state index contributed by atoms with van der Waals surface area (Å²) in [5.74, 6) is -0.185. The number of amides is 2. The second-order valence-electron chi connectivity index (χ2n) is 9.33. The normalized spacial score (nSPS) is 11.7. The quantitative estimate of drug-likeness (QED) is 0.129. The Morgan fingerprint density at radius 2 is 1.06 bits per heavy atom. The molecule has 0 spiro atoms. The van der Waals surface area contributed by atoms with Crippen molar-refractivity contribution in [2.75, 3.05) is 19.7 Å². The third-order valence-corrected chi connectivity index (χ3v) is 5.84. The van der Waals surface area contributed by atoms with Crippen LogP contribution in [0.4, 0.5) is 0 Å². The summed E-state index contributed by atoms with van der Waals surface area (Å²) in [5.41, 5.74) is 0. The highest BCUT2D eigenvalue weighted by Crippen LogP contribution is 2.09. The monoisotopic (exact) mass is 484 g/mol. The van der Waals surface area contributed by atoms with Crippen LogP contribution in [-0.4, -0.2) is 48.7 Å². The van der Waals surface area contributed by atoms with Crippen LogP contribution in [0.5, 0.6) is 0 Å². The van der Waals surface area contributed by atoms with Crippen molar-refractivity contribution in [2.45, 2.75) is 136 Å². The SMILES string of the molecule is CCCCCCCCCC(=O)NCC(O)CNC(=O)CCCCCCCCCOC(=O)CCC. The minimum absolute atomic E-state index is 0.0311. The molecule has 0 aromatic carbocycles. The van der Waals surface area contributed by atoms with Gasteiger partial charge in [0.2, 0.25) is 11.8 Å². The standard InChI is InChI=1S/C27H52N2O5/c1-3-5-6-7-9-12-15-19-25(31)28-22-24(30)23-29-26(32)20-16-13-10-8-11-14-17-21-34-27(33)18-4-2/h24,30H,3-23H2,1-2H3,(H,28,31)(H,29,32). The van der Waals surface area contributed by atoms with Crippen molar-refractivity contribution in [2.24, 2.45) is 0 Å². The van der Waals surface area contributed by atoms with Crippen molar-refractivity contribution in [1.82, 2.24) is 10.6 Å². The molecule has 0 fully saturated rings. The molecule has 0 aliphatic rings. The summed E-state index contributed by atoms with van der Waals surface area (Å²) in [6.45, 7) is 5.03. The lowest BCUT2D eigenvalue weighted by Gasteiger charge is -2.13. The van der Waals surface area contributed by atoms with E-state index >= 15 is 0 Å². The van der Waals surface area contributed by atoms with Crippen LogP contribution in [0.15, 0.2) is 0 Å². The summed E-state index contributed by atoms with van der Waals surface area (Å²) in [4.78, 5) is 35.0. The van der Waals surface area contributed by atoms with Gasteiger partial charge in [0.1, 0.15) is 0 Å². The maximum atomic E-state index is 11.9. The van der Waals surface area contributed by atoms with E-state index in [9.17, 15) is 19.5 Å². The van der Waals surface area contributed by atoms with E-state index in [1.165, 1.54) is 32.1 Å². The van der Waals surface area contributed by atoms with E-state index in [-0.39, 0.29) is 30.9 Å². The molecule has 0 aromatic rings. The smallest absolute Gasteiger partial charge is 0.305 e. The molecule has 34 heavy (non-hydrogen) atoms. The Hall–Kier alpha value is -1.63. The lowest BCUT2D eigenvalue weighted by molar-refractivity contribution is -0.143. The van der Waals surface area contributed by atoms with Crippen LogP contribution < -0.4 is 10.6 Å². The summed E-state index contributed by atoms with van der Waals surface area (Å²) in [5, 5.41) is 15.5. The molecule has 0 heterocycles. The maximum Gasteiger partial charge on any atom is 0.305 e. The molecule has 0 radical (unpaired) electrons. The van der Waals surface area contributed by atoms with Crippen LogP contribution in [0.2, 0.25) is 0 Å². The zero-order valence-corrected chi connectivity index (χ0v) is 22.0. The molecule has 7 nitrogen and oxygen atoms in total. The fourth-order valence-corrected chi connectivity index (χ4v) is 3.69. The Morgan fingerprint density at radius 3 is 1.53 bits per heavy atom. The molecule has 0 saturated carbocycles. The highest BCUT2D eigenvalue weighted by atomic mass is 16.5. The van der Waals surface area contributed by atoms with Gasteiger partial charge in [0.15, 0.2) is 0 Å². The minimum Gasteiger partial charge on any atom is -0.466 e. The molecule has 200 valence electrons. The van der Waals surface area contributed by atoms with Crippen LogP contribution in [0, 0.1) is 0 Å². The number of unbranched alkanes of at least 4 members (excludes halogenated alkanes) is 12. The molecular formula is C27H52N2O5. The number of aliphatic hydroxyl groups is 1. The van der Waals surface area contributed by atoms with E-state index in [4.69, 9.17) is 4.74 Å². The number of ether oxygens (including phenoxy) is 1. The topological polar surface area (TPSA) is 105 Å². The van der Waals surface area contributed by atoms with Gasteiger partial charge in [-0.05, 0) is 25.7 Å². The molecule has 0 rings (SSSR count). The first kappa shape index (κ1) is 32.4. The second-order valence-corrected chi connectivity index (χ2v) is 9.33. The van der Waals surface area contributed by atoms with Crippen LogP contribution in [0.25, 0.3) is 0 Å². The summed E-state index contributed by atoms with van der Waals surface area (Å²) >= 11 is 0. The zero-order valence-electron chi connectivity index (χ0n) is 22.0. The van der Waals surface area contributed by atoms with Crippen LogP contribution >= 0.6 is 0 Å². The number of esters is 1. The van der Waals surface area contributed by atoms with Crippen molar-refractivity contribution < 1.29 is 24.2 Å². The van der Waals surface area contributed by atoms with Gasteiger partial charge in [0, 0.05) is 32.4 Å². The Kier molecular flexibility index (Phi) is 23.3. The van der Waals surface area contributed by atoms with E-state index < -0.39 is 6.10 Å². The van der Waals surface area contributed by atoms with Crippen molar-refractivity contribution in [3.05, 3.63) is 0 Å². The van der Waals surface area contributed by atoms with Gasteiger partial charge in [-0.3, -0.25) is 14.4 Å². The summed E-state index contributed by atoms with van der Waals surface area (Å²) in [7, 11) is 0. The van der Waals surface area contributed by atoms with Crippen LogP contribution in [0.3, 0.4) is 0 Å². The van der Waals surface area contributed by atoms with Crippen molar-refractivity contribution in [3.63, 3.8) is 0 Å². The molecule has 0 saturated heterocycles. The fourth-order valence-electron chi connectivity index (χ4n) is 3.69. The third-order valence-electron chi connectivity index (χ3n) is 5.84. The van der Waals surface area contributed by atoms with E-state index in [2.05, 4.69) is 17.6 Å². The number of hydrogen-bond acceptors (Lipinski definition) is 5. The molecule has 1 atom stereocenters. The summed E-state index contributed by atoms with van der Waals surface area (Å²) < 4.78 is 5.13. The van der Waals surface area contributed by atoms with Crippen molar-refractivity contribution in [3.8, 4) is 0 Å². The van der Waals surface area contributed by atoms with Crippen LogP contribution in [-0.2, 0) is 19.1 Å². The largest absolute Gasteiger partial charge is 0.466 e. The van der Waals surface area contributed by atoms with Crippen molar-refractivity contribution in [1.29, 1.82) is 0 Å². The van der Waals surface area contributed by atoms with E-state index in [1.54, 1.807) is 0 Å². The van der Waals surface area contributed by atoms with Gasteiger partial charge in [-0.15, -0.1) is 0 Å². The first-order chi connectivity index (χ1) is 16.5. The molecule has 0 aliphatic carbocycles. The predicted octanol–water partition coefficient (Wildman–Crippen LogP) is 5.18. The van der Waals surface area contributed by atoms with Gasteiger partial charge in [-0.2, -0.15) is 0 Å². The van der Waals surface area contributed by atoms with E-state index in [1.807, 2.05) is 6.92 Å². The Bertz CT molecular complexity index is 513. The number of hydrogen-bond donors (Lipinski definition) is 3. The minimum atomic E-state index is -0.761. The first-order valence-electron chi connectivity index (χ1n) is 13.9. The first-order valence-corrected chi connectivity index (χ1v) is 13.9. The van der Waals surface area contributed by atoms with Gasteiger partial charge in [-0.25, -0.2) is 0 Å². The van der Waals surface area contributed by atoms with Crippen molar-refractivity contribution >= 4 is 17.8 Å². The number of nitrogens with one attached hydrogen (secondary N) is 2. The Morgan fingerprint density at radius 1 is 0.618 bits per heavy atom. The predicted molar refractivity (Wildman–Crippen MR) is 137 cm³/mol. The molecule has 2 amide bonds. The average Bonchev–Trinajstić information content (AvgIpc) is 2.82. The van der Waals surface area contributed by atoms with Gasteiger partial charge < -0.3 is 20.5 Å². The summed E-state index contributed by atoms with van der Waals surface area (Å²) in [6, 6.07) is 0. The highest BCUT2D eigenvalue weighted by Gasteiger charge is 2.09. The molecule has 0 aliphatic heterocycles. The lowest BCUT2D eigenvalue weighted by Crippen LogP contribution is -2.39. The van der Waals surface area contributed by atoms with Gasteiger partial charge in [-0.1, -0.05) is 84.5 Å². The van der Waals surface area contributed by atoms with Gasteiger partial charge in [0.25, 0.3) is 0 Å². The molecule has 1 unspecified atom stereocenters. The second kappa shape index (κ2) is 24.5. The molecule has 0 aromatic heterocycles. The Balaban J connectivity index is 3.46. The maximum absolute atomic E-state index is 11.9. The highest BCUT2D eigenvalue weighted by molar-refractivity contribution is 5.76. The zero-order chi connectivity index (χ0) is 25.3. The average molecular weight is 485 g/mol. The van der Waals surface area contributed by atoms with E-state index in [0.29, 0.717) is 25.9 Å². The van der Waals surface area contributed by atoms with Gasteiger partial charge >= 0.3 is 5.97 Å². The molecule has 7 heteroatoms. The molecule has 0 bridgehead atoms.